The molecule has 0 aliphatic carbocycles. The van der Waals surface area contributed by atoms with Gasteiger partial charge >= 0.3 is 0 Å². The van der Waals surface area contributed by atoms with Crippen molar-refractivity contribution in [2.45, 2.75) is 5.92 Å². The molecule has 2 aromatic carbocycles. The van der Waals surface area contributed by atoms with Gasteiger partial charge in [0, 0.05) is 18.7 Å². The highest BCUT2D eigenvalue weighted by atomic mass is 16.5. The fourth-order valence-corrected chi connectivity index (χ4v) is 3.96. The molecule has 2 N–H and O–H groups in total. The molecule has 1 aliphatic heterocycles. The summed E-state index contributed by atoms with van der Waals surface area (Å²) < 4.78 is 16.2. The number of ether oxygens (including phenoxy) is 3. The number of rotatable bonds is 6. The molecule has 0 radical (unpaired) electrons. The van der Waals surface area contributed by atoms with Crippen LogP contribution in [-0.2, 0) is 0 Å². The number of aromatic nitrogens is 4. The second-order valence-electron chi connectivity index (χ2n) is 7.63. The summed E-state index contributed by atoms with van der Waals surface area (Å²) in [7, 11) is 4.67. The van der Waals surface area contributed by atoms with E-state index in [-0.39, 0.29) is 11.8 Å². The minimum Gasteiger partial charge on any atom is -0.493 e. The first-order valence-corrected chi connectivity index (χ1v) is 10.2. The van der Waals surface area contributed by atoms with E-state index >= 15 is 0 Å². The fraction of sp³-hybridized carbons (Fsp3) is 0.261. The third kappa shape index (κ3) is 3.31. The van der Waals surface area contributed by atoms with Crippen LogP contribution in [0.1, 0.15) is 22.2 Å². The van der Waals surface area contributed by atoms with Gasteiger partial charge < -0.3 is 24.1 Å². The maximum absolute atomic E-state index is 12.9. The van der Waals surface area contributed by atoms with Gasteiger partial charge in [-0.2, -0.15) is 5.10 Å². The van der Waals surface area contributed by atoms with Crippen molar-refractivity contribution in [3.05, 3.63) is 54.0 Å². The van der Waals surface area contributed by atoms with Crippen molar-refractivity contribution in [3.8, 4) is 28.5 Å². The minimum absolute atomic E-state index is 0.0939. The predicted molar refractivity (Wildman–Crippen MR) is 118 cm³/mol. The third-order valence-electron chi connectivity index (χ3n) is 5.73. The molecule has 0 unspecified atom stereocenters. The number of carbonyl (C=O) groups is 1. The molecule has 0 saturated carbocycles. The number of benzene rings is 2. The van der Waals surface area contributed by atoms with Crippen LogP contribution in [-0.4, -0.2) is 65.4 Å². The van der Waals surface area contributed by atoms with Gasteiger partial charge in [0.25, 0.3) is 5.91 Å². The Morgan fingerprint density at radius 2 is 1.75 bits per heavy atom. The van der Waals surface area contributed by atoms with Gasteiger partial charge in [-0.15, -0.1) is 0 Å². The van der Waals surface area contributed by atoms with Gasteiger partial charge in [0.1, 0.15) is 11.5 Å². The summed E-state index contributed by atoms with van der Waals surface area (Å²) >= 11 is 0. The maximum atomic E-state index is 12.9. The van der Waals surface area contributed by atoms with E-state index in [0.29, 0.717) is 41.7 Å². The number of nitrogens with zero attached hydrogens (tertiary/aromatic N) is 3. The van der Waals surface area contributed by atoms with Gasteiger partial charge in [0.15, 0.2) is 11.5 Å². The number of carbonyl (C=O) groups excluding carboxylic acids is 1. The SMILES string of the molecule is COc1cc(-c2cc(C(=O)N3CC(c4nc5ccccc5[nH]4)C3)[nH]n2)cc(OC)c1OC. The smallest absolute Gasteiger partial charge is 0.271 e. The third-order valence-corrected chi connectivity index (χ3v) is 5.73. The lowest BCUT2D eigenvalue weighted by molar-refractivity contribution is 0.0589. The Morgan fingerprint density at radius 3 is 2.41 bits per heavy atom. The lowest BCUT2D eigenvalue weighted by Crippen LogP contribution is -2.48. The van der Waals surface area contributed by atoms with E-state index in [1.165, 1.54) is 0 Å². The van der Waals surface area contributed by atoms with E-state index in [2.05, 4.69) is 20.2 Å². The van der Waals surface area contributed by atoms with Crippen LogP contribution in [0.15, 0.2) is 42.5 Å². The molecule has 32 heavy (non-hydrogen) atoms. The molecule has 4 aromatic rings. The molecule has 5 rings (SSSR count). The van der Waals surface area contributed by atoms with Crippen LogP contribution >= 0.6 is 0 Å². The molecule has 0 atom stereocenters. The Kier molecular flexibility index (Phi) is 4.93. The summed E-state index contributed by atoms with van der Waals surface area (Å²) in [5, 5.41) is 7.17. The number of aromatic amines is 2. The van der Waals surface area contributed by atoms with E-state index in [0.717, 1.165) is 22.4 Å². The normalized spacial score (nSPS) is 13.8. The number of imidazole rings is 1. The Hall–Kier alpha value is -4.01. The van der Waals surface area contributed by atoms with Gasteiger partial charge in [-0.1, -0.05) is 12.1 Å². The van der Waals surface area contributed by atoms with Crippen LogP contribution < -0.4 is 14.2 Å². The van der Waals surface area contributed by atoms with Crippen LogP contribution in [0.5, 0.6) is 17.2 Å². The number of para-hydroxylation sites is 2. The molecular weight excluding hydrogens is 410 g/mol. The van der Waals surface area contributed by atoms with Crippen LogP contribution in [0.25, 0.3) is 22.3 Å². The Morgan fingerprint density at radius 1 is 1.03 bits per heavy atom. The second-order valence-corrected chi connectivity index (χ2v) is 7.63. The monoisotopic (exact) mass is 433 g/mol. The number of hydrogen-bond acceptors (Lipinski definition) is 6. The summed E-state index contributed by atoms with van der Waals surface area (Å²) in [5.41, 5.74) is 3.74. The first-order valence-electron chi connectivity index (χ1n) is 10.2. The molecule has 0 bridgehead atoms. The highest BCUT2D eigenvalue weighted by Gasteiger charge is 2.35. The summed E-state index contributed by atoms with van der Waals surface area (Å²) in [6.07, 6.45) is 0. The molecule has 1 saturated heterocycles. The Balaban J connectivity index is 1.31. The molecule has 3 heterocycles. The average molecular weight is 433 g/mol. The van der Waals surface area contributed by atoms with E-state index < -0.39 is 0 Å². The van der Waals surface area contributed by atoms with E-state index in [9.17, 15) is 4.79 Å². The van der Waals surface area contributed by atoms with Crippen molar-refractivity contribution in [1.82, 2.24) is 25.1 Å². The van der Waals surface area contributed by atoms with Crippen LogP contribution in [0, 0.1) is 0 Å². The molecule has 164 valence electrons. The molecule has 2 aromatic heterocycles. The van der Waals surface area contributed by atoms with Crippen molar-refractivity contribution < 1.29 is 19.0 Å². The highest BCUT2D eigenvalue weighted by Crippen LogP contribution is 2.41. The molecule has 1 amide bonds. The lowest BCUT2D eigenvalue weighted by atomic mass is 9.99. The number of H-pyrrole nitrogens is 2. The quantitative estimate of drug-likeness (QED) is 0.484. The average Bonchev–Trinajstić information content (AvgIpc) is 3.44. The number of fused-ring (bicyclic) bond motifs is 1. The first-order chi connectivity index (χ1) is 15.6. The number of methoxy groups -OCH3 is 3. The van der Waals surface area contributed by atoms with Crippen molar-refractivity contribution in [2.24, 2.45) is 0 Å². The Bertz CT molecular complexity index is 1230. The van der Waals surface area contributed by atoms with Crippen LogP contribution in [0.2, 0.25) is 0 Å². The fourth-order valence-electron chi connectivity index (χ4n) is 3.96. The maximum Gasteiger partial charge on any atom is 0.271 e. The largest absolute Gasteiger partial charge is 0.493 e. The van der Waals surface area contributed by atoms with E-state index in [1.807, 2.05) is 24.3 Å². The van der Waals surface area contributed by atoms with Gasteiger partial charge in [0.2, 0.25) is 5.75 Å². The first kappa shape index (κ1) is 19.9. The zero-order valence-corrected chi connectivity index (χ0v) is 18.0. The number of amides is 1. The number of hydrogen-bond donors (Lipinski definition) is 2. The van der Waals surface area contributed by atoms with Crippen molar-refractivity contribution in [3.63, 3.8) is 0 Å². The van der Waals surface area contributed by atoms with Crippen molar-refractivity contribution in [1.29, 1.82) is 0 Å². The zero-order chi connectivity index (χ0) is 22.2. The topological polar surface area (TPSA) is 105 Å². The van der Waals surface area contributed by atoms with Gasteiger partial charge in [-0.25, -0.2) is 4.98 Å². The van der Waals surface area contributed by atoms with Gasteiger partial charge in [0.05, 0.1) is 44.0 Å². The number of nitrogens with one attached hydrogen (secondary N) is 2. The summed E-state index contributed by atoms with van der Waals surface area (Å²) in [6, 6.07) is 13.3. The predicted octanol–water partition coefficient (Wildman–Crippen LogP) is 3.22. The van der Waals surface area contributed by atoms with Gasteiger partial charge in [-0.3, -0.25) is 9.89 Å². The molecule has 9 nitrogen and oxygen atoms in total. The minimum atomic E-state index is -0.0939. The molecular formula is C23H23N5O4. The molecule has 9 heteroatoms. The van der Waals surface area contributed by atoms with Crippen molar-refractivity contribution >= 4 is 16.9 Å². The molecule has 0 spiro atoms. The standard InChI is InChI=1S/C23H23N5O4/c1-30-19-8-13(9-20(31-2)21(19)32-3)17-10-18(27-26-17)23(29)28-11-14(12-28)22-24-15-6-4-5-7-16(15)25-22/h4-10,14H,11-12H2,1-3H3,(H,24,25)(H,26,27). The highest BCUT2D eigenvalue weighted by molar-refractivity contribution is 5.94. The van der Waals surface area contributed by atoms with Crippen LogP contribution in [0.4, 0.5) is 0 Å². The molecule has 1 fully saturated rings. The molecule has 1 aliphatic rings. The van der Waals surface area contributed by atoms with Crippen molar-refractivity contribution in [2.75, 3.05) is 34.4 Å². The van der Waals surface area contributed by atoms with Crippen LogP contribution in [0.3, 0.4) is 0 Å². The Labute approximate surface area is 184 Å². The zero-order valence-electron chi connectivity index (χ0n) is 18.0. The van der Waals surface area contributed by atoms with E-state index in [4.69, 9.17) is 14.2 Å². The van der Waals surface area contributed by atoms with E-state index in [1.54, 1.807) is 44.4 Å². The lowest BCUT2D eigenvalue weighted by Gasteiger charge is -2.37. The second kappa shape index (κ2) is 7.92. The van der Waals surface area contributed by atoms with Gasteiger partial charge in [-0.05, 0) is 30.3 Å². The summed E-state index contributed by atoms with van der Waals surface area (Å²) in [6.45, 7) is 1.22. The summed E-state index contributed by atoms with van der Waals surface area (Å²) in [5.74, 6) is 2.57. The summed E-state index contributed by atoms with van der Waals surface area (Å²) in [4.78, 5) is 22.7. The number of likely N-dealkylation sites (tertiary alicyclic amines) is 1.